The number of hydrogen-bond acceptors (Lipinski definition) is 3. The van der Waals surface area contributed by atoms with Crippen LogP contribution < -0.4 is 11.1 Å². The molecule has 3 N–H and O–H groups in total. The van der Waals surface area contributed by atoms with Crippen LogP contribution in [0.5, 0.6) is 0 Å². The third-order valence-electron chi connectivity index (χ3n) is 9.29. The normalized spacial score (nSPS) is 41.7. The number of amides is 1. The van der Waals surface area contributed by atoms with Crippen molar-refractivity contribution in [3.63, 3.8) is 0 Å². The molecule has 1 aromatic carbocycles. The van der Waals surface area contributed by atoms with Crippen LogP contribution in [0.25, 0.3) is 0 Å². The number of carbonyl (C=O) groups is 1. The first-order chi connectivity index (χ1) is 15.0. The van der Waals surface area contributed by atoms with Gasteiger partial charge in [-0.1, -0.05) is 30.3 Å². The molecule has 0 spiro atoms. The zero-order chi connectivity index (χ0) is 21.5. The lowest BCUT2D eigenvalue weighted by Crippen LogP contribution is -2.60. The highest BCUT2D eigenvalue weighted by Crippen LogP contribution is 2.66. The molecule has 170 valence electrons. The van der Waals surface area contributed by atoms with Crippen molar-refractivity contribution >= 4 is 5.91 Å². The second-order valence-corrected chi connectivity index (χ2v) is 11.2. The number of carbonyl (C=O) groups excluding carboxylic acids is 1. The van der Waals surface area contributed by atoms with Crippen molar-refractivity contribution in [2.75, 3.05) is 13.2 Å². The van der Waals surface area contributed by atoms with Gasteiger partial charge < -0.3 is 15.8 Å². The minimum atomic E-state index is 0.155. The summed E-state index contributed by atoms with van der Waals surface area (Å²) in [6.07, 6.45) is 11.2. The molecule has 1 aromatic rings. The summed E-state index contributed by atoms with van der Waals surface area (Å²) in [7, 11) is 0. The molecule has 0 radical (unpaired) electrons. The van der Waals surface area contributed by atoms with Gasteiger partial charge in [0.1, 0.15) is 0 Å². The van der Waals surface area contributed by atoms with Gasteiger partial charge in [0.2, 0.25) is 5.91 Å². The minimum absolute atomic E-state index is 0.155. The summed E-state index contributed by atoms with van der Waals surface area (Å²) < 4.78 is 6.13. The molecule has 5 rings (SSSR count). The molecule has 0 saturated heterocycles. The molecule has 0 aliphatic heterocycles. The molecule has 4 aliphatic carbocycles. The van der Waals surface area contributed by atoms with Gasteiger partial charge in [-0.2, -0.15) is 0 Å². The van der Waals surface area contributed by atoms with Crippen molar-refractivity contribution in [3.05, 3.63) is 35.9 Å². The van der Waals surface area contributed by atoms with E-state index in [0.29, 0.717) is 29.8 Å². The van der Waals surface area contributed by atoms with Crippen LogP contribution in [0.1, 0.15) is 76.7 Å². The van der Waals surface area contributed by atoms with Gasteiger partial charge in [0.05, 0.1) is 6.61 Å². The Kier molecular flexibility index (Phi) is 5.89. The minimum Gasteiger partial charge on any atom is -0.381 e. The lowest BCUT2D eigenvalue weighted by molar-refractivity contribution is -0.158. The molecule has 1 amide bonds. The Hall–Kier alpha value is -1.39. The van der Waals surface area contributed by atoms with Crippen molar-refractivity contribution < 1.29 is 9.53 Å². The van der Waals surface area contributed by atoms with E-state index in [2.05, 4.69) is 42.6 Å². The van der Waals surface area contributed by atoms with E-state index in [-0.39, 0.29) is 16.7 Å². The monoisotopic (exact) mass is 424 g/mol. The standard InChI is InChI=1S/C27H40N2O2/c1-2-31-18-27-16-19-14-23(25(30)29-22-10-8-21(28)9-11-22)24(27)12-13-26(15-19,17-27)20-6-4-3-5-7-20/h3-7,19,21-24H,2,8-18,28H2,1H3,(H,29,30)/t19?,21?,22?,23?,24?,26-,27-/m1/s1. The lowest BCUT2D eigenvalue weighted by atomic mass is 9.41. The van der Waals surface area contributed by atoms with Gasteiger partial charge in [-0.3, -0.25) is 4.79 Å². The van der Waals surface area contributed by atoms with Crippen LogP contribution in [-0.2, 0) is 14.9 Å². The van der Waals surface area contributed by atoms with Gasteiger partial charge in [-0.25, -0.2) is 0 Å². The molecule has 0 heterocycles. The molecule has 5 atom stereocenters. The number of ether oxygens (including phenoxy) is 1. The second kappa shape index (κ2) is 8.51. The van der Waals surface area contributed by atoms with Gasteiger partial charge in [-0.05, 0) is 99.4 Å². The molecule has 3 bridgehead atoms. The van der Waals surface area contributed by atoms with Gasteiger partial charge >= 0.3 is 0 Å². The fourth-order valence-corrected chi connectivity index (χ4v) is 8.09. The highest BCUT2D eigenvalue weighted by molar-refractivity contribution is 5.79. The third kappa shape index (κ3) is 3.95. The van der Waals surface area contributed by atoms with E-state index in [9.17, 15) is 4.79 Å². The zero-order valence-corrected chi connectivity index (χ0v) is 19.2. The summed E-state index contributed by atoms with van der Waals surface area (Å²) in [6, 6.07) is 11.8. The summed E-state index contributed by atoms with van der Waals surface area (Å²) in [5.74, 6) is 1.56. The fourth-order valence-electron chi connectivity index (χ4n) is 8.09. The lowest BCUT2D eigenvalue weighted by Gasteiger charge is -2.63. The van der Waals surface area contributed by atoms with Crippen LogP contribution in [0.2, 0.25) is 0 Å². The van der Waals surface area contributed by atoms with Crippen LogP contribution in [-0.4, -0.2) is 31.2 Å². The van der Waals surface area contributed by atoms with E-state index in [4.69, 9.17) is 10.5 Å². The SMILES string of the molecule is CCOC[C@]12CC3CC(C(=O)NC4CCC(N)CC4)C1CC[C@@](c1ccccc1)(C3)C2. The Labute approximate surface area is 187 Å². The van der Waals surface area contributed by atoms with E-state index >= 15 is 0 Å². The van der Waals surface area contributed by atoms with E-state index in [1.807, 2.05) is 0 Å². The maximum atomic E-state index is 13.5. The molecular formula is C27H40N2O2. The molecule has 4 heteroatoms. The number of fused-ring (bicyclic) bond motifs is 2. The smallest absolute Gasteiger partial charge is 0.223 e. The van der Waals surface area contributed by atoms with Gasteiger partial charge in [0, 0.05) is 24.6 Å². The van der Waals surface area contributed by atoms with Gasteiger partial charge in [0.15, 0.2) is 0 Å². The van der Waals surface area contributed by atoms with Crippen molar-refractivity contribution in [2.24, 2.45) is 28.9 Å². The largest absolute Gasteiger partial charge is 0.381 e. The maximum absolute atomic E-state index is 13.5. The van der Waals surface area contributed by atoms with E-state index in [1.54, 1.807) is 0 Å². The van der Waals surface area contributed by atoms with Crippen LogP contribution in [0.4, 0.5) is 0 Å². The van der Waals surface area contributed by atoms with Crippen molar-refractivity contribution in [1.82, 2.24) is 5.32 Å². The molecular weight excluding hydrogens is 384 g/mol. The van der Waals surface area contributed by atoms with Crippen LogP contribution in [0.15, 0.2) is 30.3 Å². The predicted octanol–water partition coefficient (Wildman–Crippen LogP) is 4.56. The van der Waals surface area contributed by atoms with Crippen molar-refractivity contribution in [3.8, 4) is 0 Å². The van der Waals surface area contributed by atoms with Crippen molar-refractivity contribution in [1.29, 1.82) is 0 Å². The van der Waals surface area contributed by atoms with Gasteiger partial charge in [-0.15, -0.1) is 0 Å². The summed E-state index contributed by atoms with van der Waals surface area (Å²) >= 11 is 0. The van der Waals surface area contributed by atoms with Gasteiger partial charge in [0.25, 0.3) is 0 Å². The number of nitrogens with two attached hydrogens (primary N) is 1. The molecule has 4 aliphatic rings. The summed E-state index contributed by atoms with van der Waals surface area (Å²) in [5, 5.41) is 3.46. The highest BCUT2D eigenvalue weighted by Gasteiger charge is 2.61. The summed E-state index contributed by atoms with van der Waals surface area (Å²) in [6.45, 7) is 3.68. The molecule has 3 unspecified atom stereocenters. The summed E-state index contributed by atoms with van der Waals surface area (Å²) in [5.41, 5.74) is 8.02. The van der Waals surface area contributed by atoms with E-state index < -0.39 is 0 Å². The Morgan fingerprint density at radius 3 is 2.65 bits per heavy atom. The Morgan fingerprint density at radius 1 is 1.13 bits per heavy atom. The fraction of sp³-hybridized carbons (Fsp3) is 0.741. The number of benzene rings is 1. The quantitative estimate of drug-likeness (QED) is 0.703. The first-order valence-electron chi connectivity index (χ1n) is 12.7. The number of rotatable bonds is 6. The van der Waals surface area contributed by atoms with Crippen LogP contribution in [0, 0.1) is 23.2 Å². The topological polar surface area (TPSA) is 64.3 Å². The Morgan fingerprint density at radius 2 is 1.90 bits per heavy atom. The first-order valence-corrected chi connectivity index (χ1v) is 12.7. The Bertz CT molecular complexity index is 775. The average Bonchev–Trinajstić information content (AvgIpc) is 2.78. The zero-order valence-electron chi connectivity index (χ0n) is 19.2. The second-order valence-electron chi connectivity index (χ2n) is 11.2. The van der Waals surface area contributed by atoms with E-state index in [0.717, 1.165) is 51.7 Å². The van der Waals surface area contributed by atoms with E-state index in [1.165, 1.54) is 31.2 Å². The number of nitrogens with one attached hydrogen (secondary N) is 1. The van der Waals surface area contributed by atoms with Crippen LogP contribution >= 0.6 is 0 Å². The maximum Gasteiger partial charge on any atom is 0.223 e. The number of hydrogen-bond donors (Lipinski definition) is 2. The van der Waals surface area contributed by atoms with Crippen LogP contribution in [0.3, 0.4) is 0 Å². The Balaban J connectivity index is 1.39. The molecule has 4 fully saturated rings. The molecule has 4 saturated carbocycles. The third-order valence-corrected chi connectivity index (χ3v) is 9.29. The first kappa shape index (κ1) is 21.5. The average molecular weight is 425 g/mol. The predicted molar refractivity (Wildman–Crippen MR) is 124 cm³/mol. The highest BCUT2D eigenvalue weighted by atomic mass is 16.5. The molecule has 31 heavy (non-hydrogen) atoms. The molecule has 0 aromatic heterocycles. The molecule has 4 nitrogen and oxygen atoms in total. The van der Waals surface area contributed by atoms with Crippen molar-refractivity contribution in [2.45, 2.75) is 88.6 Å². The summed E-state index contributed by atoms with van der Waals surface area (Å²) in [4.78, 5) is 13.5.